The number of carbonyl (C=O) groups is 2. The van der Waals surface area contributed by atoms with E-state index in [1.807, 2.05) is 12.1 Å². The average molecular weight is 430 g/mol. The van der Waals surface area contributed by atoms with Gasteiger partial charge >= 0.3 is 0 Å². The van der Waals surface area contributed by atoms with Gasteiger partial charge in [0.25, 0.3) is 17.5 Å². The van der Waals surface area contributed by atoms with Crippen LogP contribution in [0, 0.1) is 10.1 Å². The van der Waals surface area contributed by atoms with Crippen molar-refractivity contribution in [2.24, 2.45) is 0 Å². The Bertz CT molecular complexity index is 916. The van der Waals surface area contributed by atoms with Crippen LogP contribution in [0.4, 0.5) is 5.69 Å². The maximum absolute atomic E-state index is 12.0. The highest BCUT2D eigenvalue weighted by Crippen LogP contribution is 2.21. The summed E-state index contributed by atoms with van der Waals surface area (Å²) < 4.78 is 5.41. The second-order valence-electron chi connectivity index (χ2n) is 6.43. The lowest BCUT2D eigenvalue weighted by Crippen LogP contribution is -2.49. The molecule has 3 N–H and O–H groups in total. The third-order valence-electron chi connectivity index (χ3n) is 4.31. The smallest absolute Gasteiger partial charge is 0.276 e. The Kier molecular flexibility index (Phi) is 8.24. The highest BCUT2D eigenvalue weighted by Gasteiger charge is 2.11. The molecule has 0 aromatic heterocycles. The summed E-state index contributed by atoms with van der Waals surface area (Å²) in [5.41, 5.74) is 5.95. The molecule has 158 valence electrons. The standard InChI is InChI=1S/C20H22N4O5S/c1-3-13(2)14-6-10-17(11-7-14)29-12-18(25)22-23-20(30)21-19(26)15-4-8-16(9-5-15)24(27)28/h4-11,13H,3,12H2,1-2H3,(H,22,25)(H2,21,23,26,30). The topological polar surface area (TPSA) is 123 Å². The van der Waals surface area contributed by atoms with E-state index >= 15 is 0 Å². The first-order valence-electron chi connectivity index (χ1n) is 9.17. The zero-order chi connectivity index (χ0) is 22.1. The minimum atomic E-state index is -0.575. The van der Waals surface area contributed by atoms with E-state index in [2.05, 4.69) is 30.0 Å². The van der Waals surface area contributed by atoms with Gasteiger partial charge in [0.1, 0.15) is 5.75 Å². The first kappa shape index (κ1) is 22.8. The molecule has 0 fully saturated rings. The summed E-state index contributed by atoms with van der Waals surface area (Å²) in [4.78, 5) is 34.0. The fraction of sp³-hybridized carbons (Fsp3) is 0.250. The zero-order valence-corrected chi connectivity index (χ0v) is 17.3. The SMILES string of the molecule is CCC(C)c1ccc(OCC(=O)NNC(=S)NC(=O)c2ccc([N+](=O)[O-])cc2)cc1. The van der Waals surface area contributed by atoms with Crippen LogP contribution in [0.3, 0.4) is 0 Å². The number of ether oxygens (including phenoxy) is 1. The van der Waals surface area contributed by atoms with Gasteiger partial charge in [0, 0.05) is 17.7 Å². The molecular weight excluding hydrogens is 408 g/mol. The molecule has 2 amide bonds. The molecule has 0 heterocycles. The molecule has 2 rings (SSSR count). The van der Waals surface area contributed by atoms with E-state index in [9.17, 15) is 19.7 Å². The third-order valence-corrected chi connectivity index (χ3v) is 4.52. The minimum Gasteiger partial charge on any atom is -0.484 e. The summed E-state index contributed by atoms with van der Waals surface area (Å²) in [6.07, 6.45) is 1.04. The van der Waals surface area contributed by atoms with Crippen LogP contribution < -0.4 is 20.9 Å². The molecule has 30 heavy (non-hydrogen) atoms. The number of nitro groups is 1. The summed E-state index contributed by atoms with van der Waals surface area (Å²) in [7, 11) is 0. The number of non-ortho nitro benzene ring substituents is 1. The predicted molar refractivity (Wildman–Crippen MR) is 115 cm³/mol. The molecule has 0 saturated carbocycles. The van der Waals surface area contributed by atoms with E-state index in [1.165, 1.54) is 29.8 Å². The van der Waals surface area contributed by atoms with Gasteiger partial charge in [0.05, 0.1) is 4.92 Å². The number of rotatable bonds is 7. The van der Waals surface area contributed by atoms with Crippen LogP contribution in [0.1, 0.15) is 42.1 Å². The molecule has 0 spiro atoms. The highest BCUT2D eigenvalue weighted by molar-refractivity contribution is 7.80. The monoisotopic (exact) mass is 430 g/mol. The van der Waals surface area contributed by atoms with E-state index in [0.717, 1.165) is 6.42 Å². The number of hydrogen-bond donors (Lipinski definition) is 3. The molecule has 0 saturated heterocycles. The fourth-order valence-corrected chi connectivity index (χ4v) is 2.52. The number of hydrazine groups is 1. The second kappa shape index (κ2) is 10.9. The Labute approximate surface area is 178 Å². The van der Waals surface area contributed by atoms with Crippen molar-refractivity contribution < 1.29 is 19.2 Å². The summed E-state index contributed by atoms with van der Waals surface area (Å²) in [6, 6.07) is 12.5. The van der Waals surface area contributed by atoms with Crippen molar-refractivity contribution in [1.82, 2.24) is 16.2 Å². The van der Waals surface area contributed by atoms with Gasteiger partial charge in [0.15, 0.2) is 11.7 Å². The maximum Gasteiger partial charge on any atom is 0.276 e. The fourth-order valence-electron chi connectivity index (χ4n) is 2.38. The van der Waals surface area contributed by atoms with E-state index < -0.39 is 16.7 Å². The molecule has 0 aliphatic carbocycles. The van der Waals surface area contributed by atoms with Crippen LogP contribution in [0.15, 0.2) is 48.5 Å². The van der Waals surface area contributed by atoms with Crippen molar-refractivity contribution >= 4 is 34.8 Å². The lowest BCUT2D eigenvalue weighted by molar-refractivity contribution is -0.384. The highest BCUT2D eigenvalue weighted by atomic mass is 32.1. The number of amides is 2. The minimum absolute atomic E-state index is 0.131. The molecule has 2 aromatic carbocycles. The van der Waals surface area contributed by atoms with Crippen molar-refractivity contribution in [3.63, 3.8) is 0 Å². The van der Waals surface area contributed by atoms with E-state index in [1.54, 1.807) is 12.1 Å². The Balaban J connectivity index is 1.74. The Morgan fingerprint density at radius 2 is 1.73 bits per heavy atom. The van der Waals surface area contributed by atoms with E-state index in [0.29, 0.717) is 11.7 Å². The molecule has 0 aliphatic heterocycles. The Morgan fingerprint density at radius 1 is 1.10 bits per heavy atom. The van der Waals surface area contributed by atoms with E-state index in [4.69, 9.17) is 17.0 Å². The molecule has 0 bridgehead atoms. The quantitative estimate of drug-likeness (QED) is 0.351. The Morgan fingerprint density at radius 3 is 2.30 bits per heavy atom. The Hall–Kier alpha value is -3.53. The molecule has 1 atom stereocenters. The van der Waals surface area contributed by atoms with Gasteiger partial charge in [-0.25, -0.2) is 0 Å². The molecule has 9 nitrogen and oxygen atoms in total. The summed E-state index contributed by atoms with van der Waals surface area (Å²) in [6.45, 7) is 4.01. The largest absolute Gasteiger partial charge is 0.484 e. The van der Waals surface area contributed by atoms with Crippen molar-refractivity contribution in [1.29, 1.82) is 0 Å². The van der Waals surface area contributed by atoms with Crippen LogP contribution in [0.25, 0.3) is 0 Å². The van der Waals surface area contributed by atoms with Crippen LogP contribution in [-0.4, -0.2) is 28.5 Å². The van der Waals surface area contributed by atoms with Gasteiger partial charge in [0.2, 0.25) is 0 Å². The van der Waals surface area contributed by atoms with Crippen LogP contribution >= 0.6 is 12.2 Å². The first-order valence-corrected chi connectivity index (χ1v) is 9.58. The number of hydrogen-bond acceptors (Lipinski definition) is 6. The van der Waals surface area contributed by atoms with Crippen LogP contribution in [0.5, 0.6) is 5.75 Å². The predicted octanol–water partition coefficient (Wildman–Crippen LogP) is 2.82. The maximum atomic E-state index is 12.0. The van der Waals surface area contributed by atoms with Gasteiger partial charge in [-0.3, -0.25) is 35.9 Å². The van der Waals surface area contributed by atoms with Crippen molar-refractivity contribution in [2.75, 3.05) is 6.61 Å². The number of carbonyl (C=O) groups excluding carboxylic acids is 2. The van der Waals surface area contributed by atoms with Gasteiger partial charge < -0.3 is 4.74 Å². The second-order valence-corrected chi connectivity index (χ2v) is 6.84. The number of thiocarbonyl (C=S) groups is 1. The number of nitrogens with one attached hydrogen (secondary N) is 3. The molecule has 0 aliphatic rings. The molecule has 1 unspecified atom stereocenters. The van der Waals surface area contributed by atoms with Crippen LogP contribution in [0.2, 0.25) is 0 Å². The normalized spacial score (nSPS) is 11.1. The van der Waals surface area contributed by atoms with Gasteiger partial charge in [-0.05, 0) is 54.4 Å². The van der Waals surface area contributed by atoms with Gasteiger partial charge in [-0.1, -0.05) is 26.0 Å². The molecule has 10 heteroatoms. The molecular formula is C20H22N4O5S. The lowest BCUT2D eigenvalue weighted by atomic mass is 9.99. The summed E-state index contributed by atoms with van der Waals surface area (Å²) >= 11 is 4.94. The molecule has 0 radical (unpaired) electrons. The van der Waals surface area contributed by atoms with Crippen molar-refractivity contribution in [3.8, 4) is 5.75 Å². The summed E-state index contributed by atoms with van der Waals surface area (Å²) in [5.74, 6) is -0.0535. The third kappa shape index (κ3) is 6.82. The average Bonchev–Trinajstić information content (AvgIpc) is 2.76. The molecule has 2 aromatic rings. The van der Waals surface area contributed by atoms with Gasteiger partial charge in [-0.2, -0.15) is 0 Å². The van der Waals surface area contributed by atoms with Gasteiger partial charge in [-0.15, -0.1) is 0 Å². The van der Waals surface area contributed by atoms with Crippen molar-refractivity contribution in [3.05, 3.63) is 69.8 Å². The number of nitrogens with zero attached hydrogens (tertiary/aromatic N) is 1. The van der Waals surface area contributed by atoms with E-state index in [-0.39, 0.29) is 23.0 Å². The lowest BCUT2D eigenvalue weighted by Gasteiger charge is -2.12. The van der Waals surface area contributed by atoms with Crippen LogP contribution in [-0.2, 0) is 4.79 Å². The number of benzene rings is 2. The number of nitro benzene ring substituents is 1. The zero-order valence-electron chi connectivity index (χ0n) is 16.5. The van der Waals surface area contributed by atoms with Crippen molar-refractivity contribution in [2.45, 2.75) is 26.2 Å². The summed E-state index contributed by atoms with van der Waals surface area (Å²) in [5, 5.41) is 12.8. The first-order chi connectivity index (χ1) is 14.3.